The largest absolute Gasteiger partial charge is 0.481 e. The summed E-state index contributed by atoms with van der Waals surface area (Å²) in [6, 6.07) is 3.89. The number of nitrogens with zero attached hydrogens (tertiary/aromatic N) is 5. The minimum atomic E-state index is -0.674. The number of hydrogen-bond donors (Lipinski definition) is 2. The molecule has 5 rings (SSSR count). The minimum absolute atomic E-state index is 0.145. The second kappa shape index (κ2) is 8.77. The Morgan fingerprint density at radius 3 is 2.47 bits per heavy atom. The summed E-state index contributed by atoms with van der Waals surface area (Å²) in [5, 5.41) is 13.8. The molecule has 1 spiro atoms. The second-order valence-corrected chi connectivity index (χ2v) is 10.0. The molecule has 3 heterocycles. The molecule has 3 aromatic heterocycles. The van der Waals surface area contributed by atoms with E-state index in [1.165, 1.54) is 23.9 Å². The molecule has 0 aromatic carbocycles. The van der Waals surface area contributed by atoms with E-state index in [1.54, 1.807) is 13.1 Å². The van der Waals surface area contributed by atoms with Crippen molar-refractivity contribution < 1.29 is 9.90 Å². The van der Waals surface area contributed by atoms with E-state index >= 15 is 0 Å². The van der Waals surface area contributed by atoms with Crippen LogP contribution in [-0.4, -0.2) is 35.8 Å². The highest BCUT2D eigenvalue weighted by molar-refractivity contribution is 5.88. The Bertz CT molecular complexity index is 1270. The van der Waals surface area contributed by atoms with Crippen LogP contribution in [0.15, 0.2) is 29.5 Å². The van der Waals surface area contributed by atoms with Gasteiger partial charge in [-0.1, -0.05) is 0 Å². The highest BCUT2D eigenvalue weighted by Crippen LogP contribution is 2.52. The molecule has 2 aliphatic rings. The summed E-state index contributed by atoms with van der Waals surface area (Å²) >= 11 is 0. The molecule has 3 N–H and O–H groups in total. The molecule has 2 saturated carbocycles. The number of nitrogens with two attached hydrogens (primary N) is 1. The number of carboxylic acids is 1. The monoisotopic (exact) mass is 462 g/mol. The first kappa shape index (κ1) is 22.4. The van der Waals surface area contributed by atoms with Crippen molar-refractivity contribution in [3.8, 4) is 5.69 Å². The molecule has 0 amide bonds. The van der Waals surface area contributed by atoms with E-state index in [9.17, 15) is 9.59 Å². The smallest absolute Gasteiger partial charge is 0.303 e. The lowest BCUT2D eigenvalue weighted by Crippen LogP contribution is -2.32. The van der Waals surface area contributed by atoms with Crippen molar-refractivity contribution in [2.24, 2.45) is 11.3 Å². The summed E-state index contributed by atoms with van der Waals surface area (Å²) < 4.78 is 1.32. The Kier molecular flexibility index (Phi) is 5.79. The molecular formula is C25H30N6O3. The number of nitrogen functional groups attached to an aromatic ring is 1. The van der Waals surface area contributed by atoms with Gasteiger partial charge in [-0.3, -0.25) is 14.6 Å². The van der Waals surface area contributed by atoms with Crippen LogP contribution < -0.4 is 11.3 Å². The first-order valence-corrected chi connectivity index (χ1v) is 12.0. The van der Waals surface area contributed by atoms with Gasteiger partial charge in [-0.15, -0.1) is 0 Å². The van der Waals surface area contributed by atoms with Crippen molar-refractivity contribution in [3.63, 3.8) is 0 Å². The fraction of sp³-hybridized carbons (Fsp3) is 0.520. The summed E-state index contributed by atoms with van der Waals surface area (Å²) in [7, 11) is 0. The van der Waals surface area contributed by atoms with E-state index in [0.29, 0.717) is 40.6 Å². The zero-order chi connectivity index (χ0) is 23.9. The Morgan fingerprint density at radius 1 is 1.12 bits per heavy atom. The van der Waals surface area contributed by atoms with E-state index in [-0.39, 0.29) is 16.8 Å². The van der Waals surface area contributed by atoms with Gasteiger partial charge in [-0.25, -0.2) is 9.97 Å². The van der Waals surface area contributed by atoms with Crippen LogP contribution in [0, 0.1) is 18.3 Å². The summed E-state index contributed by atoms with van der Waals surface area (Å²) in [4.78, 5) is 36.9. The first-order chi connectivity index (χ1) is 16.3. The van der Waals surface area contributed by atoms with Crippen molar-refractivity contribution in [2.75, 3.05) is 5.73 Å². The highest BCUT2D eigenvalue weighted by Gasteiger charge is 2.39. The van der Waals surface area contributed by atoms with Gasteiger partial charge in [0.15, 0.2) is 0 Å². The molecule has 0 saturated heterocycles. The van der Waals surface area contributed by atoms with Gasteiger partial charge < -0.3 is 10.8 Å². The summed E-state index contributed by atoms with van der Waals surface area (Å²) in [6.45, 7) is 1.79. The standard InChI is InChI=1S/C25H30N6O3/c1-15-22-21(23(26)29-14-28-22)24(34)31(30-15)18-2-3-19(27-13-18)17-6-10-25(11-7-17)8-4-16(5-9-25)12-20(32)33/h2-3,13-14,16-17H,4-12H2,1H3,(H,32,33)(H2,26,28,29). The van der Waals surface area contributed by atoms with Crippen molar-refractivity contribution in [1.82, 2.24) is 24.7 Å². The summed E-state index contributed by atoms with van der Waals surface area (Å²) in [5.74, 6) is 0.218. The molecule has 2 fully saturated rings. The molecule has 0 bridgehead atoms. The van der Waals surface area contributed by atoms with E-state index in [1.807, 2.05) is 12.1 Å². The van der Waals surface area contributed by atoms with E-state index in [2.05, 4.69) is 15.1 Å². The Balaban J connectivity index is 1.29. The SMILES string of the molecule is Cc1nn(-c2ccc(C3CCC4(CCC(CC(=O)O)CC4)CC3)nc2)c(=O)c2c(N)ncnc12. The van der Waals surface area contributed by atoms with Crippen LogP contribution in [0.4, 0.5) is 5.82 Å². The van der Waals surface area contributed by atoms with Gasteiger partial charge >= 0.3 is 5.97 Å². The predicted molar refractivity (Wildman–Crippen MR) is 128 cm³/mol. The third-order valence-electron chi connectivity index (χ3n) is 7.98. The van der Waals surface area contributed by atoms with E-state index in [4.69, 9.17) is 15.8 Å². The summed E-state index contributed by atoms with van der Waals surface area (Å²) in [5.41, 5.74) is 8.68. The van der Waals surface area contributed by atoms with Crippen LogP contribution >= 0.6 is 0 Å². The molecule has 9 nitrogen and oxygen atoms in total. The normalized spacial score (nSPS) is 25.0. The Labute approximate surface area is 197 Å². The number of aliphatic carboxylic acids is 1. The van der Waals surface area contributed by atoms with Crippen LogP contribution in [0.1, 0.15) is 75.1 Å². The third-order valence-corrected chi connectivity index (χ3v) is 7.98. The molecule has 0 aliphatic heterocycles. The van der Waals surface area contributed by atoms with Gasteiger partial charge in [-0.2, -0.15) is 9.78 Å². The molecule has 9 heteroatoms. The number of rotatable bonds is 4. The van der Waals surface area contributed by atoms with Gasteiger partial charge in [0, 0.05) is 18.0 Å². The van der Waals surface area contributed by atoms with Gasteiger partial charge in [0.25, 0.3) is 5.56 Å². The fourth-order valence-electron chi connectivity index (χ4n) is 5.94. The lowest BCUT2D eigenvalue weighted by Gasteiger charge is -2.44. The number of carboxylic acid groups (broad SMARTS) is 1. The fourth-order valence-corrected chi connectivity index (χ4v) is 5.94. The van der Waals surface area contributed by atoms with Crippen molar-refractivity contribution in [1.29, 1.82) is 0 Å². The number of aromatic nitrogens is 5. The zero-order valence-corrected chi connectivity index (χ0v) is 19.4. The first-order valence-electron chi connectivity index (χ1n) is 12.0. The van der Waals surface area contributed by atoms with Gasteiger partial charge in [0.05, 0.1) is 17.6 Å². The lowest BCUT2D eigenvalue weighted by atomic mass is 9.61. The average molecular weight is 463 g/mol. The number of pyridine rings is 1. The predicted octanol–water partition coefficient (Wildman–Crippen LogP) is 3.77. The van der Waals surface area contributed by atoms with E-state index < -0.39 is 5.97 Å². The molecular weight excluding hydrogens is 432 g/mol. The van der Waals surface area contributed by atoms with E-state index in [0.717, 1.165) is 44.2 Å². The topological polar surface area (TPSA) is 137 Å². The van der Waals surface area contributed by atoms with Crippen LogP contribution in [0.3, 0.4) is 0 Å². The molecule has 0 radical (unpaired) electrons. The van der Waals surface area contributed by atoms with Crippen molar-refractivity contribution >= 4 is 22.7 Å². The van der Waals surface area contributed by atoms with Crippen LogP contribution in [-0.2, 0) is 4.79 Å². The van der Waals surface area contributed by atoms with Crippen molar-refractivity contribution in [3.05, 3.63) is 46.4 Å². The zero-order valence-electron chi connectivity index (χ0n) is 19.4. The molecule has 34 heavy (non-hydrogen) atoms. The average Bonchev–Trinajstić information content (AvgIpc) is 2.83. The van der Waals surface area contributed by atoms with Crippen LogP contribution in [0.2, 0.25) is 0 Å². The maximum atomic E-state index is 13.0. The van der Waals surface area contributed by atoms with Gasteiger partial charge in [0.2, 0.25) is 0 Å². The number of fused-ring (bicyclic) bond motifs is 1. The highest BCUT2D eigenvalue weighted by atomic mass is 16.4. The number of anilines is 1. The third kappa shape index (κ3) is 4.15. The number of aryl methyl sites for hydroxylation is 1. The van der Waals surface area contributed by atoms with Crippen molar-refractivity contribution in [2.45, 2.75) is 70.6 Å². The number of carbonyl (C=O) groups is 1. The molecule has 3 aromatic rings. The molecule has 0 atom stereocenters. The second-order valence-electron chi connectivity index (χ2n) is 10.0. The minimum Gasteiger partial charge on any atom is -0.481 e. The maximum Gasteiger partial charge on any atom is 0.303 e. The van der Waals surface area contributed by atoms with Crippen LogP contribution in [0.5, 0.6) is 0 Å². The molecule has 178 valence electrons. The molecule has 0 unspecified atom stereocenters. The Morgan fingerprint density at radius 2 is 1.82 bits per heavy atom. The lowest BCUT2D eigenvalue weighted by molar-refractivity contribution is -0.138. The van der Waals surface area contributed by atoms with Gasteiger partial charge in [0.1, 0.15) is 23.0 Å². The Hall–Kier alpha value is -3.36. The molecule has 2 aliphatic carbocycles. The number of hydrogen-bond acceptors (Lipinski definition) is 7. The summed E-state index contributed by atoms with van der Waals surface area (Å²) in [6.07, 6.45) is 12.2. The maximum absolute atomic E-state index is 13.0. The van der Waals surface area contributed by atoms with Gasteiger partial charge in [-0.05, 0) is 81.8 Å². The van der Waals surface area contributed by atoms with Crippen LogP contribution in [0.25, 0.3) is 16.6 Å². The quantitative estimate of drug-likeness (QED) is 0.598.